The zero-order valence-electron chi connectivity index (χ0n) is 15.8. The van der Waals surface area contributed by atoms with E-state index in [9.17, 15) is 23.1 Å². The van der Waals surface area contributed by atoms with Crippen molar-refractivity contribution in [1.82, 2.24) is 4.98 Å². The molecule has 3 aliphatic rings. The minimum atomic E-state index is -4.19. The average molecular weight is 426 g/mol. The molecule has 5 rings (SSSR count). The Balaban J connectivity index is 1.57. The molecule has 1 amide bonds. The molecule has 1 saturated carbocycles. The van der Waals surface area contributed by atoms with Gasteiger partial charge in [-0.25, -0.2) is 4.98 Å². The van der Waals surface area contributed by atoms with Gasteiger partial charge in [0.1, 0.15) is 22.3 Å². The fourth-order valence-corrected chi connectivity index (χ4v) is 4.97. The van der Waals surface area contributed by atoms with Gasteiger partial charge in [-0.05, 0) is 36.6 Å². The van der Waals surface area contributed by atoms with Crippen LogP contribution in [0.2, 0.25) is 0 Å². The number of phenolic OH excluding ortho intramolecular Hbond substituents is 1. The molecule has 1 aromatic heterocycles. The van der Waals surface area contributed by atoms with Gasteiger partial charge in [0.2, 0.25) is 5.91 Å². The fourth-order valence-electron chi connectivity index (χ4n) is 3.80. The van der Waals surface area contributed by atoms with Crippen molar-refractivity contribution in [3.8, 4) is 5.75 Å². The maximum atomic E-state index is 13.3. The minimum absolute atomic E-state index is 0.153. The first-order chi connectivity index (χ1) is 14.3. The zero-order chi connectivity index (χ0) is 21.0. The lowest BCUT2D eigenvalue weighted by Gasteiger charge is -2.33. The van der Waals surface area contributed by atoms with Crippen LogP contribution in [-0.4, -0.2) is 42.6 Å². The second kappa shape index (κ2) is 6.63. The summed E-state index contributed by atoms with van der Waals surface area (Å²) in [5.74, 6) is -2.11. The number of rotatable bonds is 4. The highest BCUT2D eigenvalue weighted by Gasteiger charge is 2.45. The molecule has 2 aromatic rings. The van der Waals surface area contributed by atoms with Gasteiger partial charge in [-0.1, -0.05) is 12.8 Å². The Morgan fingerprint density at radius 1 is 1.20 bits per heavy atom. The average Bonchev–Trinajstić information content (AvgIpc) is 3.53. The smallest absolute Gasteiger partial charge is 0.286 e. The molecule has 1 atom stereocenters. The first kappa shape index (κ1) is 18.7. The lowest BCUT2D eigenvalue weighted by Crippen LogP contribution is -2.51. The second-order valence-electron chi connectivity index (χ2n) is 7.65. The van der Waals surface area contributed by atoms with E-state index in [1.165, 1.54) is 23.2 Å². The molecule has 1 aliphatic carbocycles. The molecule has 1 fully saturated rings. The van der Waals surface area contributed by atoms with Crippen LogP contribution < -0.4 is 10.2 Å². The van der Waals surface area contributed by atoms with Crippen LogP contribution in [0, 0.1) is 11.8 Å². The number of nitrogens with one attached hydrogen (secondary N) is 1. The van der Waals surface area contributed by atoms with Gasteiger partial charge >= 0.3 is 0 Å². The van der Waals surface area contributed by atoms with Crippen molar-refractivity contribution in [1.29, 1.82) is 0 Å². The molecule has 1 aromatic carbocycles. The number of fused-ring (bicyclic) bond motifs is 2. The summed E-state index contributed by atoms with van der Waals surface area (Å²) in [4.78, 5) is 32.0. The van der Waals surface area contributed by atoms with E-state index in [-0.39, 0.29) is 27.7 Å². The van der Waals surface area contributed by atoms with Crippen LogP contribution in [0.3, 0.4) is 0 Å². The molecule has 0 spiro atoms. The fraction of sp³-hybridized carbons (Fsp3) is 0.300. The van der Waals surface area contributed by atoms with Gasteiger partial charge in [-0.3, -0.25) is 14.5 Å². The monoisotopic (exact) mass is 426 g/mol. The van der Waals surface area contributed by atoms with Crippen molar-refractivity contribution in [2.24, 2.45) is 16.2 Å². The van der Waals surface area contributed by atoms with Gasteiger partial charge in [0.15, 0.2) is 11.7 Å². The molecule has 0 saturated heterocycles. The Kier molecular flexibility index (Phi) is 4.14. The number of amidine groups is 1. The Bertz CT molecular complexity index is 1220. The molecule has 1 unspecified atom stereocenters. The highest BCUT2D eigenvalue weighted by molar-refractivity contribution is 7.90. The number of hydrogen-bond acceptors (Lipinski definition) is 7. The summed E-state index contributed by atoms with van der Waals surface area (Å²) in [5, 5.41) is 12.4. The van der Waals surface area contributed by atoms with Gasteiger partial charge in [-0.2, -0.15) is 8.42 Å². The SMILES string of the molecule is O=C1c2cccnc2N(CCC2CC2)C(=O)C1C1=NS(=O)(=O)c2cc(O)ccc2N1. The molecule has 0 bridgehead atoms. The third kappa shape index (κ3) is 3.04. The maximum Gasteiger partial charge on any atom is 0.286 e. The number of anilines is 2. The maximum absolute atomic E-state index is 13.3. The van der Waals surface area contributed by atoms with E-state index in [1.807, 2.05) is 0 Å². The Morgan fingerprint density at radius 2 is 2.00 bits per heavy atom. The quantitative estimate of drug-likeness (QED) is 0.565. The highest BCUT2D eigenvalue weighted by atomic mass is 32.2. The van der Waals surface area contributed by atoms with Crippen molar-refractivity contribution in [3.05, 3.63) is 42.1 Å². The predicted molar refractivity (Wildman–Crippen MR) is 108 cm³/mol. The van der Waals surface area contributed by atoms with Crippen LogP contribution in [0.4, 0.5) is 11.5 Å². The van der Waals surface area contributed by atoms with Crippen LogP contribution >= 0.6 is 0 Å². The second-order valence-corrected chi connectivity index (χ2v) is 9.22. The summed E-state index contributed by atoms with van der Waals surface area (Å²) < 4.78 is 29.0. The van der Waals surface area contributed by atoms with Crippen LogP contribution in [-0.2, 0) is 14.8 Å². The van der Waals surface area contributed by atoms with Crippen LogP contribution in [0.5, 0.6) is 5.75 Å². The number of benzene rings is 1. The van der Waals surface area contributed by atoms with E-state index in [1.54, 1.807) is 12.1 Å². The lowest BCUT2D eigenvalue weighted by atomic mass is 9.90. The van der Waals surface area contributed by atoms with Crippen molar-refractivity contribution in [2.75, 3.05) is 16.8 Å². The van der Waals surface area contributed by atoms with Crippen LogP contribution in [0.25, 0.3) is 0 Å². The van der Waals surface area contributed by atoms with Crippen molar-refractivity contribution in [3.63, 3.8) is 0 Å². The summed E-state index contributed by atoms with van der Waals surface area (Å²) in [6.07, 6.45) is 4.56. The Hall–Kier alpha value is -3.27. The topological polar surface area (TPSA) is 129 Å². The molecule has 30 heavy (non-hydrogen) atoms. The van der Waals surface area contributed by atoms with Crippen LogP contribution in [0.1, 0.15) is 29.6 Å². The molecule has 154 valence electrons. The summed E-state index contributed by atoms with van der Waals surface area (Å²) in [6, 6.07) is 6.94. The van der Waals surface area contributed by atoms with Gasteiger partial charge < -0.3 is 10.4 Å². The first-order valence-electron chi connectivity index (χ1n) is 9.60. The van der Waals surface area contributed by atoms with Crippen molar-refractivity contribution >= 4 is 39.1 Å². The normalized spacial score (nSPS) is 22.1. The Labute approximate surface area is 172 Å². The van der Waals surface area contributed by atoms with Gasteiger partial charge in [0, 0.05) is 18.8 Å². The third-order valence-electron chi connectivity index (χ3n) is 5.54. The number of phenols is 1. The van der Waals surface area contributed by atoms with Gasteiger partial charge in [0.05, 0.1) is 11.3 Å². The molecular formula is C20H18N4O5S. The molecular weight excluding hydrogens is 408 g/mol. The van der Waals surface area contributed by atoms with Gasteiger partial charge in [0.25, 0.3) is 10.0 Å². The number of amides is 1. The number of aromatic hydroxyl groups is 1. The number of ketones is 1. The lowest BCUT2D eigenvalue weighted by molar-refractivity contribution is -0.119. The first-order valence-corrected chi connectivity index (χ1v) is 11.0. The van der Waals surface area contributed by atoms with E-state index in [0.717, 1.165) is 25.3 Å². The molecule has 3 heterocycles. The number of nitrogens with zero attached hydrogens (tertiary/aromatic N) is 3. The van der Waals surface area contributed by atoms with Gasteiger partial charge in [-0.15, -0.1) is 4.40 Å². The van der Waals surface area contributed by atoms with E-state index in [2.05, 4.69) is 14.7 Å². The van der Waals surface area contributed by atoms with Crippen molar-refractivity contribution < 1.29 is 23.1 Å². The third-order valence-corrected chi connectivity index (χ3v) is 6.87. The van der Waals surface area contributed by atoms with E-state index in [0.29, 0.717) is 18.3 Å². The standard InChI is InChI=1S/C20H18N4O5S/c25-12-5-6-14-15(10-12)30(28,29)23-18(22-14)16-17(26)13-2-1-8-21-19(13)24(20(16)27)9-7-11-3-4-11/h1-2,5-6,8,10-11,16,25H,3-4,7,9H2,(H,22,23). The largest absolute Gasteiger partial charge is 0.508 e. The van der Waals surface area contributed by atoms with Crippen LogP contribution in [0.15, 0.2) is 45.8 Å². The molecule has 2 N–H and O–H groups in total. The molecule has 10 heteroatoms. The van der Waals surface area contributed by atoms with Crippen molar-refractivity contribution in [2.45, 2.75) is 24.2 Å². The number of pyridine rings is 1. The number of sulfonamides is 1. The molecule has 9 nitrogen and oxygen atoms in total. The minimum Gasteiger partial charge on any atom is -0.508 e. The Morgan fingerprint density at radius 3 is 2.77 bits per heavy atom. The number of carbonyl (C=O) groups is 2. The molecule has 0 radical (unpaired) electrons. The summed E-state index contributed by atoms with van der Waals surface area (Å²) in [7, 11) is -4.19. The zero-order valence-corrected chi connectivity index (χ0v) is 16.6. The number of hydrogen-bond donors (Lipinski definition) is 2. The van der Waals surface area contributed by atoms with E-state index < -0.39 is 27.6 Å². The highest BCUT2D eigenvalue weighted by Crippen LogP contribution is 2.37. The predicted octanol–water partition coefficient (Wildman–Crippen LogP) is 1.95. The number of carbonyl (C=O) groups excluding carboxylic acids is 2. The molecule has 2 aliphatic heterocycles. The number of Topliss-reactive ketones (excluding diaryl/α,β-unsaturated/α-hetero) is 1. The summed E-state index contributed by atoms with van der Waals surface area (Å²) in [5.41, 5.74) is 0.413. The number of aromatic nitrogens is 1. The summed E-state index contributed by atoms with van der Waals surface area (Å²) in [6.45, 7) is 0.405. The van der Waals surface area contributed by atoms with E-state index in [4.69, 9.17) is 0 Å². The summed E-state index contributed by atoms with van der Waals surface area (Å²) >= 11 is 0. The van der Waals surface area contributed by atoms with E-state index >= 15 is 0 Å².